The number of amides is 1. The Balaban J connectivity index is 2.53. The van der Waals surface area contributed by atoms with Crippen molar-refractivity contribution < 1.29 is 4.79 Å². The number of nitrogens with one attached hydrogen (secondary N) is 1. The smallest absolute Gasteiger partial charge is 0.223 e. The molecular formula is C11H22N2O. The molecule has 0 bridgehead atoms. The molecule has 0 aliphatic carbocycles. The van der Waals surface area contributed by atoms with Crippen molar-refractivity contribution >= 4 is 5.91 Å². The van der Waals surface area contributed by atoms with Crippen molar-refractivity contribution in [2.24, 2.45) is 5.92 Å². The van der Waals surface area contributed by atoms with Crippen LogP contribution in [0.25, 0.3) is 0 Å². The largest absolute Gasteiger partial charge is 0.337 e. The Kier molecular flexibility index (Phi) is 3.93. The van der Waals surface area contributed by atoms with Crippen LogP contribution in [-0.2, 0) is 4.79 Å². The Morgan fingerprint density at radius 1 is 1.50 bits per heavy atom. The van der Waals surface area contributed by atoms with Gasteiger partial charge in [0.25, 0.3) is 0 Å². The van der Waals surface area contributed by atoms with E-state index in [1.165, 1.54) is 0 Å². The van der Waals surface area contributed by atoms with Crippen molar-refractivity contribution in [1.29, 1.82) is 0 Å². The zero-order valence-corrected chi connectivity index (χ0v) is 9.71. The van der Waals surface area contributed by atoms with Crippen LogP contribution in [0.2, 0.25) is 0 Å². The monoisotopic (exact) mass is 198 g/mol. The third-order valence-electron chi connectivity index (χ3n) is 2.94. The first-order chi connectivity index (χ1) is 6.52. The number of hydrogen-bond donors (Lipinski definition) is 1. The average Bonchev–Trinajstić information content (AvgIpc) is 2.08. The molecule has 0 aromatic rings. The molecule has 1 heterocycles. The van der Waals surface area contributed by atoms with E-state index in [0.717, 1.165) is 13.1 Å². The van der Waals surface area contributed by atoms with Gasteiger partial charge in [-0.05, 0) is 19.8 Å². The summed E-state index contributed by atoms with van der Waals surface area (Å²) in [4.78, 5) is 13.9. The van der Waals surface area contributed by atoms with Crippen molar-refractivity contribution in [2.45, 2.75) is 46.2 Å². The summed E-state index contributed by atoms with van der Waals surface area (Å²) < 4.78 is 0. The van der Waals surface area contributed by atoms with E-state index >= 15 is 0 Å². The van der Waals surface area contributed by atoms with Crippen molar-refractivity contribution in [2.75, 3.05) is 13.1 Å². The molecule has 1 fully saturated rings. The zero-order chi connectivity index (χ0) is 10.7. The van der Waals surface area contributed by atoms with Crippen molar-refractivity contribution in [3.05, 3.63) is 0 Å². The second-order valence-corrected chi connectivity index (χ2v) is 4.67. The van der Waals surface area contributed by atoms with Crippen LogP contribution in [-0.4, -0.2) is 36.0 Å². The van der Waals surface area contributed by atoms with E-state index in [0.29, 0.717) is 30.3 Å². The lowest BCUT2D eigenvalue weighted by Gasteiger charge is -2.39. The molecule has 3 heteroatoms. The summed E-state index contributed by atoms with van der Waals surface area (Å²) in [5, 5.41) is 3.38. The molecule has 1 aliphatic heterocycles. The first-order valence-electron chi connectivity index (χ1n) is 5.55. The third-order valence-corrected chi connectivity index (χ3v) is 2.94. The number of carbonyl (C=O) groups is 1. The van der Waals surface area contributed by atoms with Crippen LogP contribution in [0, 0.1) is 5.92 Å². The molecule has 1 amide bonds. The van der Waals surface area contributed by atoms with Gasteiger partial charge in [0.15, 0.2) is 0 Å². The molecule has 82 valence electrons. The van der Waals surface area contributed by atoms with Crippen molar-refractivity contribution in [1.82, 2.24) is 10.2 Å². The molecule has 14 heavy (non-hydrogen) atoms. The van der Waals surface area contributed by atoms with Gasteiger partial charge in [-0.3, -0.25) is 4.79 Å². The summed E-state index contributed by atoms with van der Waals surface area (Å²) in [7, 11) is 0. The summed E-state index contributed by atoms with van der Waals surface area (Å²) >= 11 is 0. The Labute approximate surface area is 86.9 Å². The predicted octanol–water partition coefficient (Wildman–Crippen LogP) is 1.24. The molecule has 1 N–H and O–H groups in total. The van der Waals surface area contributed by atoms with E-state index in [1.807, 2.05) is 4.90 Å². The SMILES string of the molecule is CC(C)CC(=O)N1CCNC(C)C1C. The summed E-state index contributed by atoms with van der Waals surface area (Å²) in [5.74, 6) is 0.765. The fourth-order valence-electron chi connectivity index (χ4n) is 1.88. The fourth-order valence-corrected chi connectivity index (χ4v) is 1.88. The van der Waals surface area contributed by atoms with E-state index < -0.39 is 0 Å². The molecule has 0 aromatic heterocycles. The minimum absolute atomic E-state index is 0.306. The molecule has 1 aliphatic rings. The maximum absolute atomic E-state index is 11.9. The molecule has 2 unspecified atom stereocenters. The maximum Gasteiger partial charge on any atom is 0.223 e. The van der Waals surface area contributed by atoms with Crippen LogP contribution in [0.4, 0.5) is 0 Å². The Morgan fingerprint density at radius 3 is 2.71 bits per heavy atom. The van der Waals surface area contributed by atoms with Crippen LogP contribution in [0.5, 0.6) is 0 Å². The van der Waals surface area contributed by atoms with Crippen LogP contribution in [0.1, 0.15) is 34.1 Å². The highest BCUT2D eigenvalue weighted by atomic mass is 16.2. The average molecular weight is 198 g/mol. The number of nitrogens with zero attached hydrogens (tertiary/aromatic N) is 1. The second kappa shape index (κ2) is 4.78. The van der Waals surface area contributed by atoms with Gasteiger partial charge in [0.1, 0.15) is 0 Å². The molecule has 3 nitrogen and oxygen atoms in total. The van der Waals surface area contributed by atoms with E-state index in [1.54, 1.807) is 0 Å². The molecule has 0 saturated carbocycles. The number of piperazine rings is 1. The Hall–Kier alpha value is -0.570. The summed E-state index contributed by atoms with van der Waals surface area (Å²) in [5.41, 5.74) is 0. The number of carbonyl (C=O) groups excluding carboxylic acids is 1. The van der Waals surface area contributed by atoms with Crippen molar-refractivity contribution in [3.63, 3.8) is 0 Å². The summed E-state index contributed by atoms with van der Waals surface area (Å²) in [6.07, 6.45) is 0.678. The van der Waals surface area contributed by atoms with Gasteiger partial charge in [0, 0.05) is 31.6 Å². The van der Waals surface area contributed by atoms with Gasteiger partial charge in [-0.25, -0.2) is 0 Å². The molecule has 2 atom stereocenters. The van der Waals surface area contributed by atoms with Crippen LogP contribution in [0.3, 0.4) is 0 Å². The molecule has 1 saturated heterocycles. The van der Waals surface area contributed by atoms with E-state index in [4.69, 9.17) is 0 Å². The first-order valence-corrected chi connectivity index (χ1v) is 5.55. The van der Waals surface area contributed by atoms with E-state index in [-0.39, 0.29) is 0 Å². The van der Waals surface area contributed by atoms with Gasteiger partial charge >= 0.3 is 0 Å². The lowest BCUT2D eigenvalue weighted by atomic mass is 10.0. The highest BCUT2D eigenvalue weighted by Crippen LogP contribution is 2.12. The van der Waals surface area contributed by atoms with Gasteiger partial charge in [0.05, 0.1) is 0 Å². The topological polar surface area (TPSA) is 32.3 Å². The quantitative estimate of drug-likeness (QED) is 0.724. The zero-order valence-electron chi connectivity index (χ0n) is 9.71. The third kappa shape index (κ3) is 2.71. The minimum Gasteiger partial charge on any atom is -0.337 e. The number of hydrogen-bond acceptors (Lipinski definition) is 2. The molecule has 0 aromatic carbocycles. The highest BCUT2D eigenvalue weighted by molar-refractivity contribution is 5.76. The van der Waals surface area contributed by atoms with E-state index in [2.05, 4.69) is 33.0 Å². The normalized spacial score (nSPS) is 28.2. The summed E-state index contributed by atoms with van der Waals surface area (Å²) in [6.45, 7) is 10.2. The first kappa shape index (κ1) is 11.5. The van der Waals surface area contributed by atoms with Gasteiger partial charge in [0.2, 0.25) is 5.91 Å². The Bertz CT molecular complexity index is 203. The molecule has 0 radical (unpaired) electrons. The lowest BCUT2D eigenvalue weighted by molar-refractivity contribution is -0.135. The van der Waals surface area contributed by atoms with Crippen LogP contribution < -0.4 is 5.32 Å². The Morgan fingerprint density at radius 2 is 2.14 bits per heavy atom. The van der Waals surface area contributed by atoms with Crippen LogP contribution >= 0.6 is 0 Å². The van der Waals surface area contributed by atoms with Gasteiger partial charge in [-0.15, -0.1) is 0 Å². The molecule has 1 rings (SSSR count). The van der Waals surface area contributed by atoms with Gasteiger partial charge in [-0.2, -0.15) is 0 Å². The highest BCUT2D eigenvalue weighted by Gasteiger charge is 2.27. The minimum atomic E-state index is 0.306. The molecule has 0 spiro atoms. The maximum atomic E-state index is 11.9. The second-order valence-electron chi connectivity index (χ2n) is 4.67. The fraction of sp³-hybridized carbons (Fsp3) is 0.909. The van der Waals surface area contributed by atoms with Crippen LogP contribution in [0.15, 0.2) is 0 Å². The predicted molar refractivity (Wildman–Crippen MR) is 58.1 cm³/mol. The van der Waals surface area contributed by atoms with Gasteiger partial charge in [-0.1, -0.05) is 13.8 Å². The standard InChI is InChI=1S/C11H22N2O/c1-8(2)7-11(14)13-6-5-12-9(3)10(13)4/h8-10,12H,5-7H2,1-4H3. The summed E-state index contributed by atoms with van der Waals surface area (Å²) in [6, 6.07) is 0.745. The molecular weight excluding hydrogens is 176 g/mol. The van der Waals surface area contributed by atoms with E-state index in [9.17, 15) is 4.79 Å². The number of rotatable bonds is 2. The lowest BCUT2D eigenvalue weighted by Crippen LogP contribution is -2.57. The van der Waals surface area contributed by atoms with Gasteiger partial charge < -0.3 is 10.2 Å². The van der Waals surface area contributed by atoms with Crippen molar-refractivity contribution in [3.8, 4) is 0 Å².